The number of hydrogen-bond donors (Lipinski definition) is 2. The van der Waals surface area contributed by atoms with Crippen LogP contribution in [0.1, 0.15) is 60.5 Å². The zero-order valence-corrected chi connectivity index (χ0v) is 10.9. The number of aliphatic hydroxyl groups is 1. The Hall–Kier alpha value is -1.49. The van der Waals surface area contributed by atoms with Gasteiger partial charge in [0.1, 0.15) is 6.33 Å². The highest BCUT2D eigenvalue weighted by atomic mass is 16.3. The molecule has 19 heavy (non-hydrogen) atoms. The molecule has 2 fully saturated rings. The standard InChI is InChI=1S/C14H19N3O2/c18-11-5-3-10(4-6-11)17-14(19)12-7-15-8-16-13(12)9-1-2-9/h7-11,18H,1-6H2,(H,17,19). The molecule has 2 saturated carbocycles. The second kappa shape index (κ2) is 5.25. The molecule has 0 atom stereocenters. The maximum atomic E-state index is 12.3. The number of carbonyl (C=O) groups excluding carboxylic acids is 1. The Bertz CT molecular complexity index is 466. The topological polar surface area (TPSA) is 75.1 Å². The monoisotopic (exact) mass is 261 g/mol. The Morgan fingerprint density at radius 2 is 1.95 bits per heavy atom. The second-order valence-corrected chi connectivity index (χ2v) is 5.57. The molecule has 3 rings (SSSR count). The van der Waals surface area contributed by atoms with E-state index in [2.05, 4.69) is 15.3 Å². The van der Waals surface area contributed by atoms with E-state index < -0.39 is 0 Å². The van der Waals surface area contributed by atoms with Gasteiger partial charge in [-0.25, -0.2) is 9.97 Å². The van der Waals surface area contributed by atoms with Crippen molar-refractivity contribution in [2.75, 3.05) is 0 Å². The lowest BCUT2D eigenvalue weighted by molar-refractivity contribution is 0.0866. The summed E-state index contributed by atoms with van der Waals surface area (Å²) in [4.78, 5) is 20.5. The molecule has 0 saturated heterocycles. The minimum absolute atomic E-state index is 0.0658. The second-order valence-electron chi connectivity index (χ2n) is 5.57. The fourth-order valence-corrected chi connectivity index (χ4v) is 2.68. The maximum Gasteiger partial charge on any atom is 0.254 e. The van der Waals surface area contributed by atoms with Crippen LogP contribution in [0.2, 0.25) is 0 Å². The van der Waals surface area contributed by atoms with E-state index in [1.54, 1.807) is 6.20 Å². The lowest BCUT2D eigenvalue weighted by atomic mass is 9.93. The van der Waals surface area contributed by atoms with Crippen LogP contribution in [0.3, 0.4) is 0 Å². The third-order valence-electron chi connectivity index (χ3n) is 3.98. The molecule has 0 unspecified atom stereocenters. The number of aromatic nitrogens is 2. The fraction of sp³-hybridized carbons (Fsp3) is 0.643. The molecule has 0 bridgehead atoms. The first-order valence-corrected chi connectivity index (χ1v) is 7.03. The van der Waals surface area contributed by atoms with E-state index in [4.69, 9.17) is 0 Å². The average Bonchev–Trinajstić information content (AvgIpc) is 3.26. The summed E-state index contributed by atoms with van der Waals surface area (Å²) in [5.74, 6) is 0.376. The van der Waals surface area contributed by atoms with E-state index in [1.807, 2.05) is 0 Å². The van der Waals surface area contributed by atoms with Crippen LogP contribution in [0.5, 0.6) is 0 Å². The van der Waals surface area contributed by atoms with Crippen molar-refractivity contribution >= 4 is 5.91 Å². The number of amides is 1. The lowest BCUT2D eigenvalue weighted by Crippen LogP contribution is -2.39. The summed E-state index contributed by atoms with van der Waals surface area (Å²) in [5, 5.41) is 12.5. The summed E-state index contributed by atoms with van der Waals surface area (Å²) >= 11 is 0. The van der Waals surface area contributed by atoms with Crippen LogP contribution < -0.4 is 5.32 Å². The van der Waals surface area contributed by atoms with Crippen molar-refractivity contribution in [3.8, 4) is 0 Å². The summed E-state index contributed by atoms with van der Waals surface area (Å²) in [7, 11) is 0. The first-order chi connectivity index (χ1) is 9.24. The Labute approximate surface area is 112 Å². The molecular formula is C14H19N3O2. The Morgan fingerprint density at radius 1 is 1.21 bits per heavy atom. The Balaban J connectivity index is 1.67. The molecule has 5 nitrogen and oxygen atoms in total. The zero-order valence-electron chi connectivity index (χ0n) is 10.9. The number of nitrogens with zero attached hydrogens (tertiary/aromatic N) is 2. The summed E-state index contributed by atoms with van der Waals surface area (Å²) in [6, 6.07) is 0.170. The molecule has 2 aliphatic rings. The predicted octanol–water partition coefficient (Wildman–Crippen LogP) is 1.39. The van der Waals surface area contributed by atoms with Crippen molar-refractivity contribution in [3.05, 3.63) is 23.8 Å². The first kappa shape index (κ1) is 12.5. The van der Waals surface area contributed by atoms with Crippen molar-refractivity contribution in [1.82, 2.24) is 15.3 Å². The Morgan fingerprint density at radius 3 is 2.63 bits per heavy atom. The molecule has 0 aromatic carbocycles. The quantitative estimate of drug-likeness (QED) is 0.862. The van der Waals surface area contributed by atoms with Gasteiger partial charge in [0.25, 0.3) is 5.91 Å². The van der Waals surface area contributed by atoms with Gasteiger partial charge in [-0.15, -0.1) is 0 Å². The van der Waals surface area contributed by atoms with Crippen molar-refractivity contribution in [3.63, 3.8) is 0 Å². The third-order valence-corrected chi connectivity index (χ3v) is 3.98. The van der Waals surface area contributed by atoms with Crippen LogP contribution in [0.25, 0.3) is 0 Å². The van der Waals surface area contributed by atoms with Crippen molar-refractivity contribution < 1.29 is 9.90 Å². The summed E-state index contributed by atoms with van der Waals surface area (Å²) in [6.45, 7) is 0. The number of aliphatic hydroxyl groups excluding tert-OH is 1. The van der Waals surface area contributed by atoms with Crippen molar-refractivity contribution in [2.45, 2.75) is 56.6 Å². The van der Waals surface area contributed by atoms with Gasteiger partial charge in [-0.05, 0) is 38.5 Å². The molecule has 2 aliphatic carbocycles. The molecule has 0 spiro atoms. The maximum absolute atomic E-state index is 12.3. The molecule has 1 aromatic heterocycles. The van der Waals surface area contributed by atoms with E-state index in [0.29, 0.717) is 11.5 Å². The van der Waals surface area contributed by atoms with Gasteiger partial charge in [0.15, 0.2) is 0 Å². The van der Waals surface area contributed by atoms with Gasteiger partial charge >= 0.3 is 0 Å². The van der Waals surface area contributed by atoms with E-state index in [-0.39, 0.29) is 18.1 Å². The fourth-order valence-electron chi connectivity index (χ4n) is 2.68. The normalized spacial score (nSPS) is 27.0. The average molecular weight is 261 g/mol. The summed E-state index contributed by atoms with van der Waals surface area (Å²) in [5.41, 5.74) is 1.51. The highest BCUT2D eigenvalue weighted by Crippen LogP contribution is 2.40. The van der Waals surface area contributed by atoms with Gasteiger partial charge in [0.05, 0.1) is 17.4 Å². The van der Waals surface area contributed by atoms with Crippen LogP contribution in [0.15, 0.2) is 12.5 Å². The van der Waals surface area contributed by atoms with Crippen LogP contribution in [-0.4, -0.2) is 33.1 Å². The first-order valence-electron chi connectivity index (χ1n) is 7.03. The van der Waals surface area contributed by atoms with Gasteiger partial charge in [-0.2, -0.15) is 0 Å². The van der Waals surface area contributed by atoms with Crippen LogP contribution in [0, 0.1) is 0 Å². The van der Waals surface area contributed by atoms with Gasteiger partial charge in [0.2, 0.25) is 0 Å². The molecule has 5 heteroatoms. The molecule has 0 aliphatic heterocycles. The molecule has 1 amide bonds. The van der Waals surface area contributed by atoms with E-state index in [1.165, 1.54) is 6.33 Å². The van der Waals surface area contributed by atoms with Crippen molar-refractivity contribution in [1.29, 1.82) is 0 Å². The third kappa shape index (κ3) is 2.92. The van der Waals surface area contributed by atoms with Gasteiger partial charge in [0, 0.05) is 18.2 Å². The molecule has 2 N–H and O–H groups in total. The molecular weight excluding hydrogens is 242 g/mol. The minimum atomic E-state index is -0.199. The summed E-state index contributed by atoms with van der Waals surface area (Å²) < 4.78 is 0. The van der Waals surface area contributed by atoms with Crippen LogP contribution in [0.4, 0.5) is 0 Å². The molecule has 1 aromatic rings. The predicted molar refractivity (Wildman–Crippen MR) is 69.7 cm³/mol. The molecule has 1 heterocycles. The lowest BCUT2D eigenvalue weighted by Gasteiger charge is -2.26. The number of nitrogens with one attached hydrogen (secondary N) is 1. The number of carbonyl (C=O) groups is 1. The minimum Gasteiger partial charge on any atom is -0.393 e. The summed E-state index contributed by atoms with van der Waals surface area (Å²) in [6.07, 6.45) is 8.40. The van der Waals surface area contributed by atoms with Crippen LogP contribution in [-0.2, 0) is 0 Å². The smallest absolute Gasteiger partial charge is 0.254 e. The molecule has 0 radical (unpaired) electrons. The number of rotatable bonds is 3. The van der Waals surface area contributed by atoms with Crippen molar-refractivity contribution in [2.24, 2.45) is 0 Å². The van der Waals surface area contributed by atoms with E-state index in [9.17, 15) is 9.90 Å². The highest BCUT2D eigenvalue weighted by Gasteiger charge is 2.30. The molecule has 102 valence electrons. The van der Waals surface area contributed by atoms with E-state index >= 15 is 0 Å². The van der Waals surface area contributed by atoms with Gasteiger partial charge in [-0.3, -0.25) is 4.79 Å². The SMILES string of the molecule is O=C(NC1CCC(O)CC1)c1cncnc1C1CC1. The van der Waals surface area contributed by atoms with Gasteiger partial charge < -0.3 is 10.4 Å². The van der Waals surface area contributed by atoms with E-state index in [0.717, 1.165) is 44.2 Å². The zero-order chi connectivity index (χ0) is 13.2. The Kier molecular flexibility index (Phi) is 3.46. The number of hydrogen-bond acceptors (Lipinski definition) is 4. The highest BCUT2D eigenvalue weighted by molar-refractivity contribution is 5.95. The largest absolute Gasteiger partial charge is 0.393 e. The van der Waals surface area contributed by atoms with Crippen LogP contribution >= 0.6 is 0 Å². The van der Waals surface area contributed by atoms with Gasteiger partial charge in [-0.1, -0.05) is 0 Å².